The minimum Gasteiger partial charge on any atom is -0.280 e. The van der Waals surface area contributed by atoms with Gasteiger partial charge in [-0.3, -0.25) is 4.79 Å². The summed E-state index contributed by atoms with van der Waals surface area (Å²) in [7, 11) is 0. The minimum atomic E-state index is -2.87. The van der Waals surface area contributed by atoms with Gasteiger partial charge in [0.05, 0.1) is 0 Å². The van der Waals surface area contributed by atoms with Gasteiger partial charge in [-0.25, -0.2) is 8.78 Å². The molecule has 0 aromatic carbocycles. The average Bonchev–Trinajstić information content (AvgIpc) is 1.36. The smallest absolute Gasteiger partial charge is 0.280 e. The van der Waals surface area contributed by atoms with E-state index < -0.39 is 11.1 Å². The molecule has 0 aromatic heterocycles. The van der Waals surface area contributed by atoms with Gasteiger partial charge in [-0.1, -0.05) is 0 Å². The summed E-state index contributed by atoms with van der Waals surface area (Å²) in [6.07, 6.45) is -2.87. The summed E-state index contributed by atoms with van der Waals surface area (Å²) in [4.78, 5) is 9.31. The number of carbonyl (C=O) groups is 1. The van der Waals surface area contributed by atoms with E-state index in [2.05, 4.69) is 0 Å². The van der Waals surface area contributed by atoms with Crippen LogP contribution in [0.4, 0.5) is 8.78 Å². The summed E-state index contributed by atoms with van der Waals surface area (Å²) in [5, 5.41) is 0. The van der Waals surface area contributed by atoms with Crippen molar-refractivity contribution in [1.82, 2.24) is 0 Å². The molecular weight excluding hydrogens is 158 g/mol. The van der Waals surface area contributed by atoms with Crippen LogP contribution in [0.1, 0.15) is 0 Å². The van der Waals surface area contributed by atoms with E-state index in [0.717, 1.165) is 0 Å². The minimum absolute atomic E-state index is 1.26. The Balaban J connectivity index is 3.26. The Labute approximate surface area is 41.5 Å². The van der Waals surface area contributed by atoms with Crippen LogP contribution in [-0.2, 0) is 4.79 Å². The molecule has 0 bridgehead atoms. The standard InChI is InChI=1S/C2HBrF2O/c3-1(6)2(4)5/h2H. The van der Waals surface area contributed by atoms with Crippen LogP contribution < -0.4 is 0 Å². The van der Waals surface area contributed by atoms with Crippen molar-refractivity contribution in [2.45, 2.75) is 6.43 Å². The summed E-state index contributed by atoms with van der Waals surface area (Å²) >= 11 is 2.05. The van der Waals surface area contributed by atoms with Crippen LogP contribution in [0.3, 0.4) is 0 Å². The lowest BCUT2D eigenvalue weighted by molar-refractivity contribution is -0.119. The third-order valence-electron chi connectivity index (χ3n) is 0.172. The lowest BCUT2D eigenvalue weighted by atomic mass is 10.8. The van der Waals surface area contributed by atoms with Gasteiger partial charge in [0.2, 0.25) is 0 Å². The number of hydrogen-bond donors (Lipinski definition) is 0. The van der Waals surface area contributed by atoms with Crippen molar-refractivity contribution in [2.24, 2.45) is 0 Å². The van der Waals surface area contributed by atoms with Gasteiger partial charge in [-0.15, -0.1) is 0 Å². The van der Waals surface area contributed by atoms with Gasteiger partial charge in [-0.05, 0) is 15.9 Å². The van der Waals surface area contributed by atoms with Crippen molar-refractivity contribution in [3.63, 3.8) is 0 Å². The van der Waals surface area contributed by atoms with E-state index in [0.29, 0.717) is 0 Å². The largest absolute Gasteiger partial charge is 0.306 e. The van der Waals surface area contributed by atoms with Crippen molar-refractivity contribution >= 4 is 20.6 Å². The van der Waals surface area contributed by atoms with Crippen LogP contribution >= 0.6 is 15.9 Å². The maximum absolute atomic E-state index is 10.8. The Morgan fingerprint density at radius 1 is 1.67 bits per heavy atom. The second-order valence-electron chi connectivity index (χ2n) is 0.605. The molecule has 0 heterocycles. The van der Waals surface area contributed by atoms with Gasteiger partial charge in [0.15, 0.2) is 0 Å². The Hall–Kier alpha value is 0.01000. The summed E-state index contributed by atoms with van der Waals surface area (Å²) < 4.78 is 20.3. The molecule has 0 saturated heterocycles. The van der Waals surface area contributed by atoms with Crippen LogP contribution in [0.15, 0.2) is 0 Å². The molecule has 0 radical (unpaired) electrons. The SMILES string of the molecule is O=C(Br)C(F)F. The molecule has 0 saturated carbocycles. The highest BCUT2D eigenvalue weighted by Crippen LogP contribution is 1.97. The molecule has 0 rings (SSSR count). The van der Waals surface area contributed by atoms with Crippen LogP contribution in [0.2, 0.25) is 0 Å². The van der Waals surface area contributed by atoms with Gasteiger partial charge in [0.1, 0.15) is 0 Å². The van der Waals surface area contributed by atoms with E-state index in [1.165, 1.54) is 0 Å². The normalized spacial score (nSPS) is 9.33. The zero-order valence-electron chi connectivity index (χ0n) is 2.62. The van der Waals surface area contributed by atoms with Gasteiger partial charge < -0.3 is 0 Å². The monoisotopic (exact) mass is 158 g/mol. The van der Waals surface area contributed by atoms with Crippen molar-refractivity contribution in [1.29, 1.82) is 0 Å². The summed E-state index contributed by atoms with van der Waals surface area (Å²) in [6.45, 7) is 0. The fourth-order valence-electron chi connectivity index (χ4n) is 0. The van der Waals surface area contributed by atoms with Crippen LogP contribution in [0.25, 0.3) is 0 Å². The van der Waals surface area contributed by atoms with Crippen molar-refractivity contribution < 1.29 is 13.6 Å². The highest BCUT2D eigenvalue weighted by Gasteiger charge is 2.08. The summed E-state index contributed by atoms with van der Waals surface area (Å²) in [5.41, 5.74) is 0. The molecule has 0 aromatic rings. The molecule has 0 N–H and O–H groups in total. The van der Waals surface area contributed by atoms with Crippen LogP contribution in [0, 0.1) is 0 Å². The topological polar surface area (TPSA) is 17.1 Å². The number of hydrogen-bond acceptors (Lipinski definition) is 1. The summed E-state index contributed by atoms with van der Waals surface area (Å²) in [6, 6.07) is 0. The van der Waals surface area contributed by atoms with E-state index in [9.17, 15) is 13.6 Å². The van der Waals surface area contributed by atoms with Crippen LogP contribution in [-0.4, -0.2) is 11.1 Å². The average molecular weight is 159 g/mol. The Kier molecular flexibility index (Phi) is 2.23. The molecule has 0 amide bonds. The third kappa shape index (κ3) is 2.26. The molecule has 0 aliphatic carbocycles. The predicted molar refractivity (Wildman–Crippen MR) is 19.9 cm³/mol. The molecule has 36 valence electrons. The molecule has 6 heavy (non-hydrogen) atoms. The van der Waals surface area contributed by atoms with Crippen molar-refractivity contribution in [2.75, 3.05) is 0 Å². The highest BCUT2D eigenvalue weighted by atomic mass is 79.9. The van der Waals surface area contributed by atoms with Crippen molar-refractivity contribution in [3.8, 4) is 0 Å². The number of carbonyl (C=O) groups excluding carboxylic acids is 1. The quantitative estimate of drug-likeness (QED) is 0.524. The Morgan fingerprint density at radius 2 is 1.83 bits per heavy atom. The lowest BCUT2D eigenvalue weighted by Crippen LogP contribution is -1.97. The molecule has 1 nitrogen and oxygen atoms in total. The van der Waals surface area contributed by atoms with Gasteiger partial charge in [0, 0.05) is 0 Å². The van der Waals surface area contributed by atoms with Gasteiger partial charge in [0.25, 0.3) is 4.69 Å². The molecule has 0 unspecified atom stereocenters. The fourth-order valence-corrected chi connectivity index (χ4v) is 0. The molecule has 0 fully saturated rings. The van der Waals surface area contributed by atoms with E-state index >= 15 is 0 Å². The van der Waals surface area contributed by atoms with Crippen molar-refractivity contribution in [3.05, 3.63) is 0 Å². The van der Waals surface area contributed by atoms with Gasteiger partial charge in [-0.2, -0.15) is 0 Å². The second-order valence-corrected chi connectivity index (χ2v) is 1.39. The first-order chi connectivity index (χ1) is 2.64. The molecule has 0 spiro atoms. The van der Waals surface area contributed by atoms with Gasteiger partial charge >= 0.3 is 6.43 Å². The van der Waals surface area contributed by atoms with E-state index in [1.54, 1.807) is 0 Å². The molecular formula is C2HBrF2O. The third-order valence-corrected chi connectivity index (χ3v) is 0.518. The van der Waals surface area contributed by atoms with E-state index in [4.69, 9.17) is 0 Å². The van der Waals surface area contributed by atoms with Crippen LogP contribution in [0.5, 0.6) is 0 Å². The van der Waals surface area contributed by atoms with E-state index in [-0.39, 0.29) is 0 Å². The first-order valence-corrected chi connectivity index (χ1v) is 1.91. The molecule has 0 atom stereocenters. The fraction of sp³-hybridized carbons (Fsp3) is 0.500. The maximum atomic E-state index is 10.8. The zero-order chi connectivity index (χ0) is 5.15. The first-order valence-electron chi connectivity index (χ1n) is 1.12. The zero-order valence-corrected chi connectivity index (χ0v) is 4.21. The number of rotatable bonds is 1. The Bertz CT molecular complexity index is 62.6. The maximum Gasteiger partial charge on any atom is 0.306 e. The lowest BCUT2D eigenvalue weighted by Gasteiger charge is -1.80. The summed E-state index contributed by atoms with van der Waals surface area (Å²) in [5.74, 6) is 0. The highest BCUT2D eigenvalue weighted by molar-refractivity contribution is 9.18. The Morgan fingerprint density at radius 3 is 1.83 bits per heavy atom. The molecule has 0 aliphatic rings. The number of halogens is 3. The molecule has 0 aliphatic heterocycles. The second kappa shape index (κ2) is 2.23. The first kappa shape index (κ1) is 6.01. The molecule has 4 heteroatoms. The van der Waals surface area contributed by atoms with E-state index in [1.807, 2.05) is 15.9 Å². The number of alkyl halides is 2. The predicted octanol–water partition coefficient (Wildman–Crippen LogP) is 1.17.